The standard InChI is InChI=1S/C14H14N2O/c15-8-11(9-16)2-1-10-3-5-13-12(7-10)4-6-14(13)17/h1-3,5,7-9,15H,4,6,16H2/b2-1+,11-9?,15-8?. The molecule has 0 unspecified atom stereocenters. The summed E-state index contributed by atoms with van der Waals surface area (Å²) in [7, 11) is 0. The highest BCUT2D eigenvalue weighted by Gasteiger charge is 2.18. The number of hydrogen-bond acceptors (Lipinski definition) is 3. The van der Waals surface area contributed by atoms with E-state index in [1.165, 1.54) is 12.4 Å². The van der Waals surface area contributed by atoms with Crippen molar-refractivity contribution in [2.75, 3.05) is 0 Å². The van der Waals surface area contributed by atoms with Gasteiger partial charge in [-0.3, -0.25) is 4.79 Å². The van der Waals surface area contributed by atoms with Crippen LogP contribution < -0.4 is 5.73 Å². The van der Waals surface area contributed by atoms with Gasteiger partial charge in [-0.05, 0) is 17.5 Å². The molecule has 0 aromatic heterocycles. The van der Waals surface area contributed by atoms with Crippen LogP contribution in [0.4, 0.5) is 0 Å². The largest absolute Gasteiger partial charge is 0.404 e. The molecule has 0 saturated carbocycles. The summed E-state index contributed by atoms with van der Waals surface area (Å²) in [6, 6.07) is 5.81. The molecule has 0 heterocycles. The minimum atomic E-state index is 0.234. The van der Waals surface area contributed by atoms with Crippen LogP contribution in [0.3, 0.4) is 0 Å². The third-order valence-electron chi connectivity index (χ3n) is 2.88. The molecule has 1 aromatic rings. The number of Topliss-reactive ketones (excluding diaryl/α,β-unsaturated/α-hetero) is 1. The maximum absolute atomic E-state index is 11.5. The van der Waals surface area contributed by atoms with Crippen LogP contribution in [-0.2, 0) is 6.42 Å². The van der Waals surface area contributed by atoms with Gasteiger partial charge in [-0.15, -0.1) is 0 Å². The van der Waals surface area contributed by atoms with Gasteiger partial charge in [-0.1, -0.05) is 30.4 Å². The quantitative estimate of drug-likeness (QED) is 0.613. The fourth-order valence-electron chi connectivity index (χ4n) is 1.92. The Morgan fingerprint density at radius 2 is 2.18 bits per heavy atom. The van der Waals surface area contributed by atoms with Gasteiger partial charge in [0.2, 0.25) is 0 Å². The molecule has 3 nitrogen and oxygen atoms in total. The molecule has 0 radical (unpaired) electrons. The average Bonchev–Trinajstić information content (AvgIpc) is 2.72. The topological polar surface area (TPSA) is 66.9 Å². The minimum absolute atomic E-state index is 0.234. The first-order chi connectivity index (χ1) is 8.24. The molecule has 1 aromatic carbocycles. The van der Waals surface area contributed by atoms with E-state index in [0.717, 1.165) is 23.1 Å². The molecule has 2 rings (SSSR count). The second-order valence-electron chi connectivity index (χ2n) is 3.98. The maximum atomic E-state index is 11.5. The second kappa shape index (κ2) is 4.78. The number of hydrogen-bond donors (Lipinski definition) is 2. The fourth-order valence-corrected chi connectivity index (χ4v) is 1.92. The highest BCUT2D eigenvalue weighted by atomic mass is 16.1. The first-order valence-corrected chi connectivity index (χ1v) is 5.51. The molecule has 17 heavy (non-hydrogen) atoms. The Balaban J connectivity index is 2.25. The Bertz CT molecular complexity index is 527. The average molecular weight is 226 g/mol. The Hall–Kier alpha value is -2.16. The third-order valence-corrected chi connectivity index (χ3v) is 2.88. The summed E-state index contributed by atoms with van der Waals surface area (Å²) in [5, 5.41) is 7.11. The van der Waals surface area contributed by atoms with Gasteiger partial charge in [-0.2, -0.15) is 0 Å². The molecule has 0 amide bonds. The van der Waals surface area contributed by atoms with Crippen molar-refractivity contribution in [3.05, 3.63) is 52.7 Å². The van der Waals surface area contributed by atoms with Crippen LogP contribution in [0.15, 0.2) is 36.0 Å². The van der Waals surface area contributed by atoms with Crippen molar-refractivity contribution in [1.82, 2.24) is 0 Å². The highest BCUT2D eigenvalue weighted by Crippen LogP contribution is 2.23. The van der Waals surface area contributed by atoms with Crippen LogP contribution in [0.1, 0.15) is 27.9 Å². The number of carbonyl (C=O) groups excluding carboxylic acids is 1. The van der Waals surface area contributed by atoms with Gasteiger partial charge in [0.1, 0.15) is 0 Å². The van der Waals surface area contributed by atoms with Crippen LogP contribution in [0.25, 0.3) is 6.08 Å². The zero-order valence-corrected chi connectivity index (χ0v) is 9.44. The number of benzene rings is 1. The molecule has 0 aliphatic heterocycles. The van der Waals surface area contributed by atoms with Crippen LogP contribution in [0.2, 0.25) is 0 Å². The Morgan fingerprint density at radius 1 is 1.35 bits per heavy atom. The second-order valence-corrected chi connectivity index (χ2v) is 3.98. The molecular formula is C14H14N2O. The third kappa shape index (κ3) is 2.33. The number of nitrogens with two attached hydrogens (primary N) is 1. The summed E-state index contributed by atoms with van der Waals surface area (Å²) in [6.45, 7) is 0. The van der Waals surface area contributed by atoms with Gasteiger partial charge in [0.05, 0.1) is 0 Å². The smallest absolute Gasteiger partial charge is 0.163 e. The predicted octanol–water partition coefficient (Wildman–Crippen LogP) is 2.32. The summed E-state index contributed by atoms with van der Waals surface area (Å²) in [5.41, 5.74) is 9.00. The van der Waals surface area contributed by atoms with Crippen molar-refractivity contribution in [1.29, 1.82) is 5.41 Å². The van der Waals surface area contributed by atoms with Crippen molar-refractivity contribution < 1.29 is 4.79 Å². The number of aryl methyl sites for hydroxylation is 1. The zero-order chi connectivity index (χ0) is 12.3. The lowest BCUT2D eigenvalue weighted by molar-refractivity contribution is 0.0994. The first kappa shape index (κ1) is 11.3. The summed E-state index contributed by atoms with van der Waals surface area (Å²) in [5.74, 6) is 0.234. The number of carbonyl (C=O) groups is 1. The first-order valence-electron chi connectivity index (χ1n) is 5.51. The minimum Gasteiger partial charge on any atom is -0.404 e. The van der Waals surface area contributed by atoms with Crippen LogP contribution >= 0.6 is 0 Å². The lowest BCUT2D eigenvalue weighted by Gasteiger charge is -1.99. The van der Waals surface area contributed by atoms with Gasteiger partial charge < -0.3 is 11.1 Å². The van der Waals surface area contributed by atoms with E-state index in [4.69, 9.17) is 11.1 Å². The van der Waals surface area contributed by atoms with Gasteiger partial charge in [0.15, 0.2) is 5.78 Å². The van der Waals surface area contributed by atoms with Gasteiger partial charge in [0, 0.05) is 30.0 Å². The normalized spacial score (nSPS) is 15.3. The molecule has 0 spiro atoms. The van der Waals surface area contributed by atoms with Crippen molar-refractivity contribution in [3.8, 4) is 0 Å². The lowest BCUT2D eigenvalue weighted by Crippen LogP contribution is -1.90. The van der Waals surface area contributed by atoms with Crippen molar-refractivity contribution >= 4 is 18.1 Å². The van der Waals surface area contributed by atoms with E-state index in [1.54, 1.807) is 6.08 Å². The summed E-state index contributed by atoms with van der Waals surface area (Å²) in [6.07, 6.45) is 7.73. The molecular weight excluding hydrogens is 212 g/mol. The van der Waals surface area contributed by atoms with Crippen LogP contribution in [0.5, 0.6) is 0 Å². The van der Waals surface area contributed by atoms with Gasteiger partial charge in [0.25, 0.3) is 0 Å². The molecule has 1 aliphatic carbocycles. The lowest BCUT2D eigenvalue weighted by atomic mass is 10.1. The van der Waals surface area contributed by atoms with E-state index in [2.05, 4.69) is 0 Å². The summed E-state index contributed by atoms with van der Waals surface area (Å²) in [4.78, 5) is 11.5. The number of fused-ring (bicyclic) bond motifs is 1. The highest BCUT2D eigenvalue weighted by molar-refractivity contribution is 6.00. The summed E-state index contributed by atoms with van der Waals surface area (Å²) >= 11 is 0. The van der Waals surface area contributed by atoms with Crippen LogP contribution in [-0.4, -0.2) is 12.0 Å². The Morgan fingerprint density at radius 3 is 2.88 bits per heavy atom. The van der Waals surface area contributed by atoms with Crippen molar-refractivity contribution in [3.63, 3.8) is 0 Å². The predicted molar refractivity (Wildman–Crippen MR) is 69.2 cm³/mol. The number of rotatable bonds is 3. The Labute approximate surface area is 100 Å². The SMILES string of the molecule is N=CC(=CN)/C=C/c1ccc2c(c1)CCC2=O. The van der Waals surface area contributed by atoms with E-state index < -0.39 is 0 Å². The maximum Gasteiger partial charge on any atom is 0.163 e. The number of allylic oxidation sites excluding steroid dienone is 2. The van der Waals surface area contributed by atoms with Crippen molar-refractivity contribution in [2.24, 2.45) is 5.73 Å². The van der Waals surface area contributed by atoms with Gasteiger partial charge >= 0.3 is 0 Å². The van der Waals surface area contributed by atoms with Crippen LogP contribution in [0, 0.1) is 5.41 Å². The summed E-state index contributed by atoms with van der Waals surface area (Å²) < 4.78 is 0. The van der Waals surface area contributed by atoms with E-state index >= 15 is 0 Å². The molecule has 0 bridgehead atoms. The molecule has 0 saturated heterocycles. The van der Waals surface area contributed by atoms with E-state index in [-0.39, 0.29) is 5.78 Å². The molecule has 0 atom stereocenters. The molecule has 3 heteroatoms. The van der Waals surface area contributed by atoms with E-state index in [1.807, 2.05) is 24.3 Å². The number of nitrogens with one attached hydrogen (secondary N) is 1. The van der Waals surface area contributed by atoms with E-state index in [9.17, 15) is 4.79 Å². The van der Waals surface area contributed by atoms with Gasteiger partial charge in [-0.25, -0.2) is 0 Å². The molecule has 86 valence electrons. The van der Waals surface area contributed by atoms with Crippen molar-refractivity contribution in [2.45, 2.75) is 12.8 Å². The molecule has 0 fully saturated rings. The monoisotopic (exact) mass is 226 g/mol. The zero-order valence-electron chi connectivity index (χ0n) is 9.44. The fraction of sp³-hybridized carbons (Fsp3) is 0.143. The number of ketones is 1. The molecule has 3 N–H and O–H groups in total. The van der Waals surface area contributed by atoms with E-state index in [0.29, 0.717) is 12.0 Å². The molecule has 1 aliphatic rings. The Kier molecular flexibility index (Phi) is 3.19.